The first-order valence-electron chi connectivity index (χ1n) is 11.9. The summed E-state index contributed by atoms with van der Waals surface area (Å²) in [6.45, 7) is 6.09. The summed E-state index contributed by atoms with van der Waals surface area (Å²) in [5.41, 5.74) is 1.46. The maximum absolute atomic E-state index is 12.9. The number of unbranched alkanes of at least 4 members (excludes halogenated alkanes) is 1. The Morgan fingerprint density at radius 3 is 2.50 bits per heavy atom. The third kappa shape index (κ3) is 8.11. The minimum Gasteiger partial charge on any atom is -0.480 e. The first kappa shape index (κ1) is 28.4. The lowest BCUT2D eigenvalue weighted by Gasteiger charge is -2.25. The van der Waals surface area contributed by atoms with Crippen LogP contribution in [0.3, 0.4) is 0 Å². The van der Waals surface area contributed by atoms with Crippen molar-refractivity contribution in [3.63, 3.8) is 0 Å². The van der Waals surface area contributed by atoms with E-state index in [0.29, 0.717) is 37.4 Å². The Morgan fingerprint density at radius 2 is 1.88 bits per heavy atom. The van der Waals surface area contributed by atoms with Gasteiger partial charge >= 0.3 is 12.0 Å². The zero-order valence-corrected chi connectivity index (χ0v) is 21.4. The van der Waals surface area contributed by atoms with Gasteiger partial charge in [-0.1, -0.05) is 25.5 Å². The molecule has 1 aromatic carbocycles. The molecule has 0 spiro atoms. The van der Waals surface area contributed by atoms with Crippen molar-refractivity contribution in [3.8, 4) is 0 Å². The molecule has 1 unspecified atom stereocenters. The first-order valence-corrected chi connectivity index (χ1v) is 13.5. The van der Waals surface area contributed by atoms with Gasteiger partial charge in [0.05, 0.1) is 5.75 Å². The van der Waals surface area contributed by atoms with E-state index in [0.717, 1.165) is 31.7 Å². The van der Waals surface area contributed by atoms with Gasteiger partial charge in [0.15, 0.2) is 0 Å². The molecule has 1 aromatic rings. The molecule has 1 atom stereocenters. The number of carboxylic acid groups (broad SMARTS) is 1. The van der Waals surface area contributed by atoms with Crippen molar-refractivity contribution in [2.75, 3.05) is 43.4 Å². The summed E-state index contributed by atoms with van der Waals surface area (Å²) in [6.07, 6.45) is 4.60. The number of halogens is 1. The third-order valence-electron chi connectivity index (χ3n) is 6.44. The molecular formula is C23H37ClN4O5S. The molecule has 3 N–H and O–H groups in total. The highest BCUT2D eigenvalue weighted by molar-refractivity contribution is 7.89. The van der Waals surface area contributed by atoms with Crippen molar-refractivity contribution in [2.45, 2.75) is 51.5 Å². The van der Waals surface area contributed by atoms with E-state index in [2.05, 4.69) is 10.0 Å². The highest BCUT2D eigenvalue weighted by Gasteiger charge is 2.30. The number of sulfonamides is 1. The maximum atomic E-state index is 12.9. The SMILES string of the molecule is CCCCS(=O)(=O)NC(Cc1ccc(N2CCN(CCC3CCNCC3)C2=O)cc1)C(=O)O.Cl. The first-order chi connectivity index (χ1) is 15.8. The number of aliphatic carboxylic acids is 1. The lowest BCUT2D eigenvalue weighted by molar-refractivity contribution is -0.138. The second-order valence-corrected chi connectivity index (χ2v) is 10.8. The van der Waals surface area contributed by atoms with E-state index in [4.69, 9.17) is 0 Å². The van der Waals surface area contributed by atoms with Crippen LogP contribution in [0.15, 0.2) is 24.3 Å². The Morgan fingerprint density at radius 1 is 1.21 bits per heavy atom. The van der Waals surface area contributed by atoms with Crippen LogP contribution in [0.25, 0.3) is 0 Å². The number of hydrogen-bond donors (Lipinski definition) is 3. The fourth-order valence-electron chi connectivity index (χ4n) is 4.38. The van der Waals surface area contributed by atoms with Crippen LogP contribution in [0, 0.1) is 5.92 Å². The standard InChI is InChI=1S/C23H36N4O5S.ClH/c1-2-3-16-33(31,32)25-21(22(28)29)17-19-4-6-20(7-5-19)27-15-14-26(23(27)30)13-10-18-8-11-24-12-9-18;/h4-7,18,21,24-25H,2-3,8-17H2,1H3,(H,28,29);1H. The molecule has 11 heteroatoms. The molecule has 2 amide bonds. The zero-order chi connectivity index (χ0) is 23.8. The largest absolute Gasteiger partial charge is 0.480 e. The zero-order valence-electron chi connectivity index (χ0n) is 19.7. The Hall–Kier alpha value is -1.88. The third-order valence-corrected chi connectivity index (χ3v) is 7.91. The maximum Gasteiger partial charge on any atom is 0.324 e. The Balaban J connectivity index is 0.00000408. The van der Waals surface area contributed by atoms with Crippen LogP contribution in [0.2, 0.25) is 0 Å². The minimum absolute atomic E-state index is 0. The van der Waals surface area contributed by atoms with Gasteiger partial charge in [0, 0.05) is 25.3 Å². The number of carbonyl (C=O) groups excluding carboxylic acids is 1. The number of benzene rings is 1. The number of anilines is 1. The fourth-order valence-corrected chi connectivity index (χ4v) is 5.78. The lowest BCUT2D eigenvalue weighted by atomic mass is 9.94. The molecule has 9 nitrogen and oxygen atoms in total. The van der Waals surface area contributed by atoms with Gasteiger partial charge in [0.25, 0.3) is 0 Å². The van der Waals surface area contributed by atoms with Crippen molar-refractivity contribution >= 4 is 40.1 Å². The van der Waals surface area contributed by atoms with E-state index in [1.807, 2.05) is 11.8 Å². The Kier molecular flexibility index (Phi) is 11.1. The predicted molar refractivity (Wildman–Crippen MR) is 135 cm³/mol. The smallest absolute Gasteiger partial charge is 0.324 e. The highest BCUT2D eigenvalue weighted by atomic mass is 35.5. The van der Waals surface area contributed by atoms with Crippen LogP contribution in [-0.4, -0.2) is 74.9 Å². The molecule has 0 aromatic heterocycles. The van der Waals surface area contributed by atoms with E-state index in [1.54, 1.807) is 29.2 Å². The van der Waals surface area contributed by atoms with Gasteiger partial charge in [-0.3, -0.25) is 9.69 Å². The molecule has 2 heterocycles. The van der Waals surface area contributed by atoms with Crippen molar-refractivity contribution < 1.29 is 23.1 Å². The molecule has 2 fully saturated rings. The number of urea groups is 1. The minimum atomic E-state index is -3.65. The molecule has 0 aliphatic carbocycles. The molecule has 34 heavy (non-hydrogen) atoms. The summed E-state index contributed by atoms with van der Waals surface area (Å²) in [7, 11) is -3.65. The van der Waals surface area contributed by atoms with Crippen LogP contribution < -0.4 is 14.9 Å². The quantitative estimate of drug-likeness (QED) is 0.392. The predicted octanol–water partition coefficient (Wildman–Crippen LogP) is 2.46. The summed E-state index contributed by atoms with van der Waals surface area (Å²) in [6, 6.07) is 5.90. The second kappa shape index (κ2) is 13.3. The number of hydrogen-bond acceptors (Lipinski definition) is 5. The van der Waals surface area contributed by atoms with Crippen LogP contribution in [0.1, 0.15) is 44.6 Å². The van der Waals surface area contributed by atoms with Crippen LogP contribution >= 0.6 is 12.4 Å². The molecule has 0 saturated carbocycles. The van der Waals surface area contributed by atoms with Crippen molar-refractivity contribution in [1.82, 2.24) is 14.9 Å². The number of nitrogens with one attached hydrogen (secondary N) is 2. The fraction of sp³-hybridized carbons (Fsp3) is 0.652. The number of piperidine rings is 1. The summed E-state index contributed by atoms with van der Waals surface area (Å²) >= 11 is 0. The van der Waals surface area contributed by atoms with Gasteiger partial charge in [0.1, 0.15) is 6.04 Å². The van der Waals surface area contributed by atoms with E-state index in [-0.39, 0.29) is 30.6 Å². The Labute approximate surface area is 208 Å². The molecule has 3 rings (SSSR count). The van der Waals surface area contributed by atoms with Crippen LogP contribution in [-0.2, 0) is 21.2 Å². The molecule has 192 valence electrons. The molecule has 2 aliphatic rings. The van der Waals surface area contributed by atoms with Crippen molar-refractivity contribution in [3.05, 3.63) is 29.8 Å². The van der Waals surface area contributed by atoms with Crippen molar-refractivity contribution in [1.29, 1.82) is 0 Å². The number of carboxylic acids is 1. The average Bonchev–Trinajstić information content (AvgIpc) is 3.17. The number of amides is 2. The van der Waals surface area contributed by atoms with E-state index < -0.39 is 22.0 Å². The number of carbonyl (C=O) groups is 2. The monoisotopic (exact) mass is 516 g/mol. The van der Waals surface area contributed by atoms with Gasteiger partial charge in [-0.05, 0) is 68.8 Å². The van der Waals surface area contributed by atoms with Crippen LogP contribution in [0.5, 0.6) is 0 Å². The molecule has 0 radical (unpaired) electrons. The summed E-state index contributed by atoms with van der Waals surface area (Å²) in [5, 5.41) is 12.8. The topological polar surface area (TPSA) is 119 Å². The molecule has 2 saturated heterocycles. The normalized spacial score (nSPS) is 18.1. The average molecular weight is 517 g/mol. The van der Waals surface area contributed by atoms with Crippen LogP contribution in [0.4, 0.5) is 10.5 Å². The molecular weight excluding hydrogens is 480 g/mol. The summed E-state index contributed by atoms with van der Waals surface area (Å²) < 4.78 is 26.5. The second-order valence-electron chi connectivity index (χ2n) is 8.95. The molecule has 0 bridgehead atoms. The van der Waals surface area contributed by atoms with Gasteiger partial charge in [-0.2, -0.15) is 0 Å². The lowest BCUT2D eigenvalue weighted by Crippen LogP contribution is -2.43. The van der Waals surface area contributed by atoms with Gasteiger partial charge in [0.2, 0.25) is 10.0 Å². The highest BCUT2D eigenvalue weighted by Crippen LogP contribution is 2.23. The van der Waals surface area contributed by atoms with E-state index in [1.165, 1.54) is 12.8 Å². The number of rotatable bonds is 12. The summed E-state index contributed by atoms with van der Waals surface area (Å²) in [5.74, 6) is -0.621. The van der Waals surface area contributed by atoms with Gasteiger partial charge in [-0.25, -0.2) is 17.9 Å². The van der Waals surface area contributed by atoms with Gasteiger partial charge < -0.3 is 15.3 Å². The molecule has 2 aliphatic heterocycles. The van der Waals surface area contributed by atoms with E-state index in [9.17, 15) is 23.1 Å². The van der Waals surface area contributed by atoms with Crippen molar-refractivity contribution in [2.24, 2.45) is 5.92 Å². The number of nitrogens with zero attached hydrogens (tertiary/aromatic N) is 2. The Bertz CT molecular complexity index is 906. The summed E-state index contributed by atoms with van der Waals surface area (Å²) in [4.78, 5) is 28.1. The van der Waals surface area contributed by atoms with Gasteiger partial charge in [-0.15, -0.1) is 12.4 Å². The van der Waals surface area contributed by atoms with E-state index >= 15 is 0 Å².